The fourth-order valence-corrected chi connectivity index (χ4v) is 7.36. The van der Waals surface area contributed by atoms with Gasteiger partial charge in [0, 0.05) is 23.5 Å². The zero-order chi connectivity index (χ0) is 22.5. The van der Waals surface area contributed by atoms with Crippen LogP contribution in [0.25, 0.3) is 0 Å². The van der Waals surface area contributed by atoms with Crippen molar-refractivity contribution >= 4 is 69.7 Å². The fraction of sp³-hybridized carbons (Fsp3) is 0.708. The molecule has 0 saturated carbocycles. The molecule has 0 aromatic heterocycles. The molecule has 1 aliphatic rings. The van der Waals surface area contributed by atoms with Crippen LogP contribution in [0.15, 0.2) is 17.9 Å². The summed E-state index contributed by atoms with van der Waals surface area (Å²) in [5.74, 6) is 0.877. The van der Waals surface area contributed by atoms with E-state index in [9.17, 15) is 4.79 Å². The first-order valence-corrected chi connectivity index (χ1v) is 14.5. The molecule has 170 valence electrons. The van der Waals surface area contributed by atoms with Crippen molar-refractivity contribution in [3.05, 3.63) is 29.0 Å². The molecule has 0 radical (unpaired) electrons. The number of carbonyl (C=O) groups excluding carboxylic acids is 1. The minimum Gasteiger partial charge on any atom is -0.450 e. The molecule has 30 heavy (non-hydrogen) atoms. The average Bonchev–Trinajstić information content (AvgIpc) is 3.02. The number of esters is 1. The smallest absolute Gasteiger partial charge is 0.340 e. The first-order chi connectivity index (χ1) is 14.3. The number of carbonyl (C=O) groups is 1. The predicted molar refractivity (Wildman–Crippen MR) is 140 cm³/mol. The van der Waals surface area contributed by atoms with E-state index in [1.165, 1.54) is 38.5 Å². The second kappa shape index (κ2) is 12.2. The van der Waals surface area contributed by atoms with Crippen LogP contribution in [0.2, 0.25) is 0 Å². The lowest BCUT2D eigenvalue weighted by atomic mass is 9.75. The Balaban J connectivity index is 2.59. The Hall–Kier alpha value is 0.610. The maximum absolute atomic E-state index is 13.2. The van der Waals surface area contributed by atoms with Gasteiger partial charge in [0.1, 0.15) is 5.60 Å². The summed E-state index contributed by atoms with van der Waals surface area (Å²) in [7, 11) is 0. The van der Waals surface area contributed by atoms with Crippen LogP contribution in [0.3, 0.4) is 0 Å². The molecule has 1 aromatic carbocycles. The number of rotatable bonds is 12. The van der Waals surface area contributed by atoms with Crippen LogP contribution < -0.4 is 0 Å². The van der Waals surface area contributed by atoms with Crippen LogP contribution in [0.5, 0.6) is 0 Å². The van der Waals surface area contributed by atoms with Gasteiger partial charge in [0.15, 0.2) is 0 Å². The highest BCUT2D eigenvalue weighted by atomic mass is 79.9. The molecule has 2 unspecified atom stereocenters. The zero-order valence-electron chi connectivity index (χ0n) is 18.6. The van der Waals surface area contributed by atoms with Crippen LogP contribution in [0.4, 0.5) is 0 Å². The number of unbranched alkanes of at least 4 members (excludes halogenated alkanes) is 2. The van der Waals surface area contributed by atoms with Crippen LogP contribution in [0.1, 0.15) is 108 Å². The topological polar surface area (TPSA) is 26.3 Å². The third-order valence-corrected chi connectivity index (χ3v) is 11.3. The minimum atomic E-state index is -0.570. The highest BCUT2D eigenvalue weighted by molar-refractivity contribution is 9.15. The van der Waals surface area contributed by atoms with E-state index in [4.69, 9.17) is 4.74 Å². The van der Waals surface area contributed by atoms with E-state index in [0.717, 1.165) is 49.1 Å². The van der Waals surface area contributed by atoms with Crippen molar-refractivity contribution in [2.45, 2.75) is 97.5 Å². The number of halogens is 4. The number of benzene rings is 1. The van der Waals surface area contributed by atoms with Crippen molar-refractivity contribution in [1.82, 2.24) is 0 Å². The number of cyclic esters (lactones) is 1. The Bertz CT molecular complexity index is 729. The molecule has 0 amide bonds. The molecule has 2 atom stereocenters. The molecule has 2 nitrogen and oxygen atoms in total. The Morgan fingerprint density at radius 1 is 0.767 bits per heavy atom. The monoisotopic (exact) mass is 670 g/mol. The van der Waals surface area contributed by atoms with Gasteiger partial charge < -0.3 is 4.74 Å². The molecular weight excluding hydrogens is 640 g/mol. The van der Waals surface area contributed by atoms with Gasteiger partial charge in [-0.1, -0.05) is 79.1 Å². The summed E-state index contributed by atoms with van der Waals surface area (Å²) in [6.07, 6.45) is 11.2. The molecule has 6 heteroatoms. The van der Waals surface area contributed by atoms with E-state index in [1.54, 1.807) is 0 Å². The van der Waals surface area contributed by atoms with Crippen LogP contribution >= 0.6 is 63.7 Å². The van der Waals surface area contributed by atoms with Crippen molar-refractivity contribution < 1.29 is 9.53 Å². The van der Waals surface area contributed by atoms with E-state index >= 15 is 0 Å². The van der Waals surface area contributed by atoms with Gasteiger partial charge in [0.05, 0.1) is 5.56 Å². The van der Waals surface area contributed by atoms with Crippen molar-refractivity contribution in [2.75, 3.05) is 0 Å². The predicted octanol–water partition coefficient (Wildman–Crippen LogP) is 10.3. The van der Waals surface area contributed by atoms with Gasteiger partial charge in [-0.15, -0.1) is 0 Å². The van der Waals surface area contributed by atoms with Gasteiger partial charge >= 0.3 is 5.97 Å². The highest BCUT2D eigenvalue weighted by Gasteiger charge is 2.50. The van der Waals surface area contributed by atoms with Gasteiger partial charge in [-0.2, -0.15) is 0 Å². The molecule has 1 heterocycles. The average molecular weight is 674 g/mol. The van der Waals surface area contributed by atoms with Crippen LogP contribution in [0, 0.1) is 11.8 Å². The first kappa shape index (κ1) is 26.9. The molecule has 0 saturated heterocycles. The van der Waals surface area contributed by atoms with Crippen molar-refractivity contribution in [2.24, 2.45) is 11.8 Å². The van der Waals surface area contributed by atoms with E-state index in [2.05, 4.69) is 91.4 Å². The minimum absolute atomic E-state index is 0.207. The third-order valence-electron chi connectivity index (χ3n) is 6.54. The Kier molecular flexibility index (Phi) is 10.9. The summed E-state index contributed by atoms with van der Waals surface area (Å²) in [5, 5.41) is 0. The third kappa shape index (κ3) is 5.75. The van der Waals surface area contributed by atoms with Gasteiger partial charge in [0.25, 0.3) is 0 Å². The molecule has 0 bridgehead atoms. The molecular formula is C24H34Br4O2. The summed E-state index contributed by atoms with van der Waals surface area (Å²) in [5.41, 5.74) is 1.13. The maximum atomic E-state index is 13.2. The van der Waals surface area contributed by atoms with Crippen molar-refractivity contribution in [3.63, 3.8) is 0 Å². The second-order valence-corrected chi connectivity index (χ2v) is 11.8. The standard InChI is InChI=1S/C24H34Br4O2/c1-5-9-11-15(7-3)13-24(14-16(8-4)12-10-6-2)18-17(23(29)30-24)19(25)21(27)22(28)20(18)26/h15-16H,5-14H2,1-4H3. The number of ether oxygens (including phenoxy) is 1. The summed E-state index contributed by atoms with van der Waals surface area (Å²) < 4.78 is 9.87. The fourth-order valence-electron chi connectivity index (χ4n) is 4.72. The number of hydrogen-bond donors (Lipinski definition) is 0. The zero-order valence-corrected chi connectivity index (χ0v) is 24.9. The Morgan fingerprint density at radius 2 is 1.23 bits per heavy atom. The van der Waals surface area contributed by atoms with Crippen LogP contribution in [-0.4, -0.2) is 5.97 Å². The van der Waals surface area contributed by atoms with Gasteiger partial charge in [-0.05, 0) is 88.4 Å². The van der Waals surface area contributed by atoms with E-state index in [-0.39, 0.29) is 5.97 Å². The summed E-state index contributed by atoms with van der Waals surface area (Å²) in [6, 6.07) is 0. The van der Waals surface area contributed by atoms with Crippen molar-refractivity contribution in [1.29, 1.82) is 0 Å². The Morgan fingerprint density at radius 3 is 1.67 bits per heavy atom. The molecule has 0 spiro atoms. The number of fused-ring (bicyclic) bond motifs is 1. The quantitative estimate of drug-likeness (QED) is 0.125. The van der Waals surface area contributed by atoms with E-state index in [0.29, 0.717) is 17.4 Å². The molecule has 1 aliphatic heterocycles. The first-order valence-electron chi connectivity index (χ1n) is 11.4. The van der Waals surface area contributed by atoms with Gasteiger partial charge in [-0.3, -0.25) is 0 Å². The summed E-state index contributed by atoms with van der Waals surface area (Å²) in [4.78, 5) is 13.2. The molecule has 0 N–H and O–H groups in total. The lowest BCUT2D eigenvalue weighted by Gasteiger charge is -2.36. The van der Waals surface area contributed by atoms with E-state index in [1.807, 2.05) is 0 Å². The highest BCUT2D eigenvalue weighted by Crippen LogP contribution is 2.55. The lowest BCUT2D eigenvalue weighted by molar-refractivity contribution is -0.0374. The molecule has 0 fully saturated rings. The summed E-state index contributed by atoms with van der Waals surface area (Å²) >= 11 is 14.8. The number of hydrogen-bond acceptors (Lipinski definition) is 2. The normalized spacial score (nSPS) is 20.2. The SMILES string of the molecule is CCCCC(CC)CC1(CC(CC)CCCC)OC(=O)c2c(Br)c(Br)c(Br)c(Br)c21. The van der Waals surface area contributed by atoms with Gasteiger partial charge in [-0.25, -0.2) is 4.79 Å². The molecule has 2 rings (SSSR count). The van der Waals surface area contributed by atoms with Crippen LogP contribution in [-0.2, 0) is 10.3 Å². The Labute approximate surface area is 216 Å². The second-order valence-electron chi connectivity index (χ2n) is 8.63. The maximum Gasteiger partial charge on any atom is 0.340 e. The largest absolute Gasteiger partial charge is 0.450 e. The lowest BCUT2D eigenvalue weighted by Crippen LogP contribution is -2.32. The van der Waals surface area contributed by atoms with Crippen molar-refractivity contribution in [3.8, 4) is 0 Å². The summed E-state index contributed by atoms with van der Waals surface area (Å²) in [6.45, 7) is 9.02. The molecule has 1 aromatic rings. The molecule has 0 aliphatic carbocycles. The van der Waals surface area contributed by atoms with E-state index < -0.39 is 5.60 Å². The van der Waals surface area contributed by atoms with Gasteiger partial charge in [0.2, 0.25) is 0 Å².